The van der Waals surface area contributed by atoms with E-state index < -0.39 is 17.7 Å². The van der Waals surface area contributed by atoms with Gasteiger partial charge in [-0.15, -0.1) is 0 Å². The zero-order chi connectivity index (χ0) is 27.0. The fourth-order valence-corrected chi connectivity index (χ4v) is 5.30. The maximum Gasteiger partial charge on any atom is 0.295 e. The van der Waals surface area contributed by atoms with Gasteiger partial charge in [0.1, 0.15) is 22.9 Å². The van der Waals surface area contributed by atoms with Crippen molar-refractivity contribution >= 4 is 17.4 Å². The number of hydrogen-bond acceptors (Lipinski definition) is 5. The van der Waals surface area contributed by atoms with Crippen molar-refractivity contribution < 1.29 is 24.5 Å². The molecule has 2 N–H and O–H groups in total. The van der Waals surface area contributed by atoms with Crippen LogP contribution in [0.4, 0.5) is 0 Å². The number of benzene rings is 3. The number of ketones is 1. The summed E-state index contributed by atoms with van der Waals surface area (Å²) in [4.78, 5) is 28.2. The monoisotopic (exact) mass is 511 g/mol. The second-order valence-electron chi connectivity index (χ2n) is 11.1. The lowest BCUT2D eigenvalue weighted by molar-refractivity contribution is -0.140. The second-order valence-corrected chi connectivity index (χ2v) is 11.1. The van der Waals surface area contributed by atoms with Gasteiger partial charge in [-0.05, 0) is 99.0 Å². The summed E-state index contributed by atoms with van der Waals surface area (Å²) in [6.45, 7) is 6.09. The molecule has 0 aromatic heterocycles. The molecule has 1 amide bonds. The van der Waals surface area contributed by atoms with E-state index in [-0.39, 0.29) is 29.2 Å². The van der Waals surface area contributed by atoms with Crippen LogP contribution in [0.1, 0.15) is 67.5 Å². The van der Waals surface area contributed by atoms with Crippen LogP contribution in [0.5, 0.6) is 11.5 Å². The van der Waals surface area contributed by atoms with Crippen LogP contribution in [0.25, 0.3) is 5.76 Å². The van der Waals surface area contributed by atoms with Gasteiger partial charge in [0.05, 0.1) is 11.6 Å². The predicted octanol–water partition coefficient (Wildman–Crippen LogP) is 6.07. The minimum atomic E-state index is -0.794. The van der Waals surface area contributed by atoms with Crippen LogP contribution in [-0.4, -0.2) is 32.4 Å². The average Bonchev–Trinajstić information content (AvgIpc) is 3.13. The van der Waals surface area contributed by atoms with Crippen LogP contribution in [0.2, 0.25) is 0 Å². The molecule has 0 bridgehead atoms. The van der Waals surface area contributed by atoms with Crippen LogP contribution in [-0.2, 0) is 29.0 Å². The van der Waals surface area contributed by atoms with Gasteiger partial charge in [0, 0.05) is 12.1 Å². The molecular weight excluding hydrogens is 478 g/mol. The van der Waals surface area contributed by atoms with Gasteiger partial charge in [-0.1, -0.05) is 36.4 Å². The predicted molar refractivity (Wildman–Crippen MR) is 146 cm³/mol. The van der Waals surface area contributed by atoms with E-state index in [1.807, 2.05) is 63.2 Å². The number of carbonyl (C=O) groups excluding carboxylic acids is 2. The Morgan fingerprint density at radius 3 is 2.24 bits per heavy atom. The van der Waals surface area contributed by atoms with E-state index in [0.717, 1.165) is 31.2 Å². The largest absolute Gasteiger partial charge is 0.508 e. The first-order valence-electron chi connectivity index (χ1n) is 13.1. The van der Waals surface area contributed by atoms with E-state index in [1.165, 1.54) is 28.2 Å². The summed E-state index contributed by atoms with van der Waals surface area (Å²) in [5.74, 6) is -0.768. The Kier molecular flexibility index (Phi) is 6.74. The van der Waals surface area contributed by atoms with E-state index in [9.17, 15) is 19.8 Å². The highest BCUT2D eigenvalue weighted by Gasteiger charge is 2.46. The molecule has 0 spiro atoms. The zero-order valence-electron chi connectivity index (χ0n) is 22.0. The van der Waals surface area contributed by atoms with Crippen LogP contribution >= 0.6 is 0 Å². The number of aromatic hydroxyl groups is 1. The number of aliphatic hydroxyl groups is 1. The van der Waals surface area contributed by atoms with E-state index in [4.69, 9.17) is 4.74 Å². The van der Waals surface area contributed by atoms with Crippen molar-refractivity contribution in [1.82, 2.24) is 4.90 Å². The normalized spacial score (nSPS) is 18.9. The number of carbonyl (C=O) groups is 2. The van der Waals surface area contributed by atoms with Gasteiger partial charge >= 0.3 is 0 Å². The molecule has 1 heterocycles. The molecule has 2 aliphatic rings. The van der Waals surface area contributed by atoms with E-state index in [2.05, 4.69) is 0 Å². The Morgan fingerprint density at radius 1 is 0.921 bits per heavy atom. The quantitative estimate of drug-likeness (QED) is 0.247. The minimum absolute atomic E-state index is 0.0594. The number of ether oxygens (including phenoxy) is 1. The number of Topliss-reactive ketones (excluding diaryl/α,β-unsaturated/α-hetero) is 1. The highest BCUT2D eigenvalue weighted by molar-refractivity contribution is 6.46. The van der Waals surface area contributed by atoms with Gasteiger partial charge in [0.15, 0.2) is 0 Å². The van der Waals surface area contributed by atoms with Crippen molar-refractivity contribution in [2.75, 3.05) is 0 Å². The summed E-state index contributed by atoms with van der Waals surface area (Å²) in [7, 11) is 0. The Balaban J connectivity index is 1.54. The Hall–Kier alpha value is -4.06. The number of phenolic OH excluding ortho intramolecular Hbond substituents is 1. The number of aryl methyl sites for hydroxylation is 2. The first-order chi connectivity index (χ1) is 18.1. The standard InChI is InChI=1S/C32H33NO5/c1-32(2,3)38-26-16-8-20(9-17-26)19-33-28(22-12-14-25(34)15-13-22)27(30(36)31(33)37)29(35)24-11-10-21-6-4-5-7-23(21)18-24/h8-18,28,34-35H,4-7,19H2,1-3H3/b29-27-. The number of likely N-dealkylation sites (tertiary alicyclic amines) is 1. The third kappa shape index (κ3) is 5.17. The first-order valence-corrected chi connectivity index (χ1v) is 13.1. The molecule has 196 valence electrons. The maximum atomic E-state index is 13.4. The first kappa shape index (κ1) is 25.6. The van der Waals surface area contributed by atoms with Crippen molar-refractivity contribution in [2.45, 2.75) is 64.6 Å². The highest BCUT2D eigenvalue weighted by atomic mass is 16.5. The van der Waals surface area contributed by atoms with Crippen LogP contribution in [0.3, 0.4) is 0 Å². The molecular formula is C32H33NO5. The molecule has 3 aromatic carbocycles. The molecule has 0 radical (unpaired) electrons. The molecule has 0 saturated carbocycles. The van der Waals surface area contributed by atoms with E-state index in [1.54, 1.807) is 12.1 Å². The van der Waals surface area contributed by atoms with Crippen molar-refractivity contribution in [2.24, 2.45) is 0 Å². The third-order valence-corrected chi connectivity index (χ3v) is 7.07. The van der Waals surface area contributed by atoms with Crippen molar-refractivity contribution in [3.63, 3.8) is 0 Å². The van der Waals surface area contributed by atoms with Crippen molar-refractivity contribution in [3.8, 4) is 11.5 Å². The van der Waals surface area contributed by atoms with Crippen molar-refractivity contribution in [1.29, 1.82) is 0 Å². The minimum Gasteiger partial charge on any atom is -0.508 e. The molecule has 1 fully saturated rings. The number of aliphatic hydroxyl groups excluding tert-OH is 1. The number of nitrogens with zero attached hydrogens (tertiary/aromatic N) is 1. The summed E-state index contributed by atoms with van der Waals surface area (Å²) in [5.41, 5.74) is 4.16. The lowest BCUT2D eigenvalue weighted by atomic mass is 9.88. The molecule has 1 saturated heterocycles. The third-order valence-electron chi connectivity index (χ3n) is 7.07. The molecule has 3 aromatic rings. The van der Waals surface area contributed by atoms with Gasteiger partial charge in [-0.3, -0.25) is 9.59 Å². The fraction of sp³-hybridized carbons (Fsp3) is 0.312. The smallest absolute Gasteiger partial charge is 0.295 e. The van der Waals surface area contributed by atoms with Crippen LogP contribution in [0, 0.1) is 0 Å². The average molecular weight is 512 g/mol. The summed E-state index contributed by atoms with van der Waals surface area (Å²) in [6.07, 6.45) is 4.18. The molecule has 1 unspecified atom stereocenters. The fourth-order valence-electron chi connectivity index (χ4n) is 5.30. The highest BCUT2D eigenvalue weighted by Crippen LogP contribution is 2.41. The van der Waals surface area contributed by atoms with Gasteiger partial charge in [-0.2, -0.15) is 0 Å². The summed E-state index contributed by atoms with van der Waals surface area (Å²) < 4.78 is 5.90. The van der Waals surface area contributed by atoms with Gasteiger partial charge < -0.3 is 19.8 Å². The maximum absolute atomic E-state index is 13.4. The van der Waals surface area contributed by atoms with Crippen LogP contribution < -0.4 is 4.74 Å². The summed E-state index contributed by atoms with van der Waals surface area (Å²) >= 11 is 0. The van der Waals surface area contributed by atoms with Crippen LogP contribution in [0.15, 0.2) is 72.3 Å². The molecule has 1 aliphatic heterocycles. The molecule has 1 atom stereocenters. The molecule has 6 nitrogen and oxygen atoms in total. The number of rotatable bonds is 5. The lowest BCUT2D eigenvalue weighted by Crippen LogP contribution is -2.29. The topological polar surface area (TPSA) is 87.1 Å². The van der Waals surface area contributed by atoms with E-state index >= 15 is 0 Å². The molecule has 5 rings (SSSR count). The van der Waals surface area contributed by atoms with Gasteiger partial charge in [-0.25, -0.2) is 0 Å². The number of fused-ring (bicyclic) bond motifs is 1. The molecule has 38 heavy (non-hydrogen) atoms. The Labute approximate surface area is 223 Å². The summed E-state index contributed by atoms with van der Waals surface area (Å²) in [5, 5.41) is 21.3. The van der Waals surface area contributed by atoms with Crippen molar-refractivity contribution in [3.05, 3.63) is 100 Å². The van der Waals surface area contributed by atoms with Gasteiger partial charge in [0.25, 0.3) is 11.7 Å². The van der Waals surface area contributed by atoms with E-state index in [0.29, 0.717) is 16.9 Å². The number of amides is 1. The zero-order valence-corrected chi connectivity index (χ0v) is 22.0. The summed E-state index contributed by atoms with van der Waals surface area (Å²) in [6, 6.07) is 18.8. The SMILES string of the molecule is CC(C)(C)Oc1ccc(CN2C(=O)C(=O)/C(=C(\O)c3ccc4c(c3)CCCC4)C2c2ccc(O)cc2)cc1. The number of hydrogen-bond donors (Lipinski definition) is 2. The molecule has 1 aliphatic carbocycles. The lowest BCUT2D eigenvalue weighted by Gasteiger charge is -2.26. The Bertz CT molecular complexity index is 1400. The second kappa shape index (κ2) is 10.0. The van der Waals surface area contributed by atoms with Gasteiger partial charge in [0.2, 0.25) is 0 Å². The Morgan fingerprint density at radius 2 is 1.58 bits per heavy atom. The number of phenols is 1. The molecule has 6 heteroatoms.